The van der Waals surface area contributed by atoms with Crippen molar-refractivity contribution >= 4 is 23.4 Å². The zero-order valence-electron chi connectivity index (χ0n) is 11.3. The molecule has 2 N–H and O–H groups in total. The molecule has 1 aliphatic heterocycles. The highest BCUT2D eigenvalue weighted by molar-refractivity contribution is 7.99. The number of amides is 1. The third-order valence-electron chi connectivity index (χ3n) is 3.11. The monoisotopic (exact) mass is 298 g/mol. The van der Waals surface area contributed by atoms with Crippen LogP contribution in [0.1, 0.15) is 12.8 Å². The maximum atomic E-state index is 13.5. The van der Waals surface area contributed by atoms with Gasteiger partial charge in [-0.15, -0.1) is 11.8 Å². The third kappa shape index (κ3) is 4.38. The van der Waals surface area contributed by atoms with Gasteiger partial charge >= 0.3 is 0 Å². The molecule has 2 rings (SSSR count). The average Bonchev–Trinajstić information content (AvgIpc) is 2.46. The minimum absolute atomic E-state index is 0.159. The number of hydrogen-bond acceptors (Lipinski definition) is 4. The van der Waals surface area contributed by atoms with Gasteiger partial charge in [-0.3, -0.25) is 4.79 Å². The molecule has 1 saturated heterocycles. The highest BCUT2D eigenvalue weighted by Gasteiger charge is 2.16. The molecule has 1 aromatic rings. The number of thioether (sulfide) groups is 1. The Morgan fingerprint density at radius 2 is 2.15 bits per heavy atom. The van der Waals surface area contributed by atoms with Gasteiger partial charge in [0.15, 0.2) is 0 Å². The summed E-state index contributed by atoms with van der Waals surface area (Å²) in [5.41, 5.74) is 5.92. The van der Waals surface area contributed by atoms with E-state index in [4.69, 9.17) is 10.5 Å². The molecule has 0 atom stereocenters. The number of carbonyl (C=O) groups excluding carboxylic acids is 1. The second kappa shape index (κ2) is 7.50. The van der Waals surface area contributed by atoms with Gasteiger partial charge in [0.05, 0.1) is 13.2 Å². The fourth-order valence-corrected chi connectivity index (χ4v) is 2.88. The van der Waals surface area contributed by atoms with Crippen LogP contribution in [0.15, 0.2) is 23.1 Å². The van der Waals surface area contributed by atoms with Crippen LogP contribution in [0.5, 0.6) is 0 Å². The Kier molecular flexibility index (Phi) is 5.67. The van der Waals surface area contributed by atoms with Crippen molar-refractivity contribution in [2.24, 2.45) is 0 Å². The molecule has 110 valence electrons. The molecule has 1 aliphatic rings. The van der Waals surface area contributed by atoms with E-state index in [-0.39, 0.29) is 11.7 Å². The molecule has 1 amide bonds. The van der Waals surface area contributed by atoms with Crippen molar-refractivity contribution in [1.29, 1.82) is 0 Å². The quantitative estimate of drug-likeness (QED) is 0.514. The lowest BCUT2D eigenvalue weighted by Gasteiger charge is -2.26. The number of ether oxygens (including phenoxy) is 1. The van der Waals surface area contributed by atoms with Gasteiger partial charge in [-0.2, -0.15) is 0 Å². The van der Waals surface area contributed by atoms with Gasteiger partial charge in [-0.05, 0) is 30.4 Å². The standard InChI is InChI=1S/C14H19FN2O2S/c15-12-10-11(16)3-4-13(12)20-9-1-2-14(18)17-5-7-19-8-6-17/h3-4,10H,1-2,5-9,16H2. The minimum atomic E-state index is -0.297. The number of nitrogen functional groups attached to an aromatic ring is 1. The number of benzene rings is 1. The number of halogens is 1. The van der Waals surface area contributed by atoms with Crippen LogP contribution < -0.4 is 5.73 Å². The van der Waals surface area contributed by atoms with E-state index in [1.807, 2.05) is 4.90 Å². The largest absolute Gasteiger partial charge is 0.399 e. The molecule has 4 nitrogen and oxygen atoms in total. The molecule has 1 aromatic carbocycles. The van der Waals surface area contributed by atoms with Gasteiger partial charge in [0.1, 0.15) is 5.82 Å². The fraction of sp³-hybridized carbons (Fsp3) is 0.500. The molecule has 0 aromatic heterocycles. The minimum Gasteiger partial charge on any atom is -0.399 e. The van der Waals surface area contributed by atoms with E-state index in [0.717, 1.165) is 12.2 Å². The lowest BCUT2D eigenvalue weighted by Crippen LogP contribution is -2.40. The Labute approximate surface area is 122 Å². The highest BCUT2D eigenvalue weighted by Crippen LogP contribution is 2.24. The Hall–Kier alpha value is -1.27. The second-order valence-corrected chi connectivity index (χ2v) is 5.77. The molecule has 1 heterocycles. The summed E-state index contributed by atoms with van der Waals surface area (Å²) in [4.78, 5) is 14.3. The van der Waals surface area contributed by atoms with Crippen molar-refractivity contribution in [3.05, 3.63) is 24.0 Å². The molecular weight excluding hydrogens is 279 g/mol. The summed E-state index contributed by atoms with van der Waals surface area (Å²) in [7, 11) is 0. The Morgan fingerprint density at radius 3 is 2.85 bits per heavy atom. The van der Waals surface area contributed by atoms with Crippen molar-refractivity contribution in [2.45, 2.75) is 17.7 Å². The van der Waals surface area contributed by atoms with E-state index in [1.54, 1.807) is 12.1 Å². The summed E-state index contributed by atoms with van der Waals surface area (Å²) in [5, 5.41) is 0. The Balaban J connectivity index is 1.69. The maximum absolute atomic E-state index is 13.5. The van der Waals surface area contributed by atoms with Gasteiger partial charge in [-0.1, -0.05) is 0 Å². The predicted molar refractivity (Wildman–Crippen MR) is 78.2 cm³/mol. The summed E-state index contributed by atoms with van der Waals surface area (Å²) in [6.07, 6.45) is 1.24. The average molecular weight is 298 g/mol. The fourth-order valence-electron chi connectivity index (χ4n) is 2.01. The van der Waals surface area contributed by atoms with Crippen LogP contribution in [0.2, 0.25) is 0 Å². The molecule has 0 unspecified atom stereocenters. The first-order valence-electron chi connectivity index (χ1n) is 6.70. The summed E-state index contributed by atoms with van der Waals surface area (Å²) in [5.74, 6) is 0.581. The van der Waals surface area contributed by atoms with Gasteiger partial charge < -0.3 is 15.4 Å². The molecule has 0 bridgehead atoms. The molecule has 6 heteroatoms. The summed E-state index contributed by atoms with van der Waals surface area (Å²) >= 11 is 1.42. The zero-order chi connectivity index (χ0) is 14.4. The van der Waals surface area contributed by atoms with Gasteiger partial charge in [-0.25, -0.2) is 4.39 Å². The number of nitrogens with zero attached hydrogens (tertiary/aromatic N) is 1. The number of nitrogens with two attached hydrogens (primary N) is 1. The van der Waals surface area contributed by atoms with Crippen LogP contribution >= 0.6 is 11.8 Å². The highest BCUT2D eigenvalue weighted by atomic mass is 32.2. The normalized spacial score (nSPS) is 15.3. The maximum Gasteiger partial charge on any atom is 0.222 e. The Bertz CT molecular complexity index is 464. The van der Waals surface area contributed by atoms with E-state index in [0.29, 0.717) is 43.3 Å². The van der Waals surface area contributed by atoms with Crippen LogP contribution in [0, 0.1) is 5.82 Å². The lowest BCUT2D eigenvalue weighted by molar-refractivity contribution is -0.135. The summed E-state index contributed by atoms with van der Waals surface area (Å²) < 4.78 is 18.7. The topological polar surface area (TPSA) is 55.6 Å². The first kappa shape index (κ1) is 15.1. The molecule has 0 saturated carbocycles. The van der Waals surface area contributed by atoms with Crippen LogP contribution in [0.3, 0.4) is 0 Å². The van der Waals surface area contributed by atoms with Crippen molar-refractivity contribution in [3.63, 3.8) is 0 Å². The molecule has 1 fully saturated rings. The second-order valence-electron chi connectivity index (χ2n) is 4.64. The third-order valence-corrected chi connectivity index (χ3v) is 4.25. The van der Waals surface area contributed by atoms with E-state index in [1.165, 1.54) is 17.8 Å². The number of morpholine rings is 1. The molecule has 0 aliphatic carbocycles. The van der Waals surface area contributed by atoms with E-state index >= 15 is 0 Å². The van der Waals surface area contributed by atoms with Crippen LogP contribution in [-0.2, 0) is 9.53 Å². The van der Waals surface area contributed by atoms with Crippen LogP contribution in [-0.4, -0.2) is 42.9 Å². The molecule has 0 radical (unpaired) electrons. The van der Waals surface area contributed by atoms with Gasteiger partial charge in [0, 0.05) is 30.1 Å². The van der Waals surface area contributed by atoms with E-state index < -0.39 is 0 Å². The predicted octanol–water partition coefficient (Wildman–Crippen LogP) is 2.14. The lowest BCUT2D eigenvalue weighted by atomic mass is 10.3. The zero-order valence-corrected chi connectivity index (χ0v) is 12.1. The van der Waals surface area contributed by atoms with E-state index in [2.05, 4.69) is 0 Å². The van der Waals surface area contributed by atoms with Crippen molar-refractivity contribution in [1.82, 2.24) is 4.90 Å². The SMILES string of the molecule is Nc1ccc(SCCCC(=O)N2CCOCC2)c(F)c1. The van der Waals surface area contributed by atoms with E-state index in [9.17, 15) is 9.18 Å². The molecule has 20 heavy (non-hydrogen) atoms. The van der Waals surface area contributed by atoms with Crippen LogP contribution in [0.4, 0.5) is 10.1 Å². The first-order valence-corrected chi connectivity index (χ1v) is 7.69. The summed E-state index contributed by atoms with van der Waals surface area (Å²) in [6, 6.07) is 4.69. The number of carbonyl (C=O) groups is 1. The smallest absolute Gasteiger partial charge is 0.222 e. The number of hydrogen-bond donors (Lipinski definition) is 1. The molecule has 0 spiro atoms. The van der Waals surface area contributed by atoms with Crippen molar-refractivity contribution in [2.75, 3.05) is 37.8 Å². The molecular formula is C14H19FN2O2S. The van der Waals surface area contributed by atoms with Crippen LogP contribution in [0.25, 0.3) is 0 Å². The van der Waals surface area contributed by atoms with Crippen molar-refractivity contribution < 1.29 is 13.9 Å². The number of anilines is 1. The van der Waals surface area contributed by atoms with Crippen molar-refractivity contribution in [3.8, 4) is 0 Å². The van der Waals surface area contributed by atoms with Gasteiger partial charge in [0.25, 0.3) is 0 Å². The van der Waals surface area contributed by atoms with Gasteiger partial charge in [0.2, 0.25) is 5.91 Å². The summed E-state index contributed by atoms with van der Waals surface area (Å²) in [6.45, 7) is 2.60. The number of rotatable bonds is 5. The first-order chi connectivity index (χ1) is 9.66. The Morgan fingerprint density at radius 1 is 1.40 bits per heavy atom.